The van der Waals surface area contributed by atoms with Crippen LogP contribution in [0.3, 0.4) is 0 Å². The number of aromatic nitrogens is 4. The molecule has 2 aliphatic carbocycles. The molecule has 12 rings (SSSR count). The Morgan fingerprint density at radius 1 is 0.558 bits per heavy atom. The van der Waals surface area contributed by atoms with Crippen molar-refractivity contribution in [1.82, 2.24) is 19.4 Å². The van der Waals surface area contributed by atoms with Crippen molar-refractivity contribution < 1.29 is 55.2 Å². The molecule has 0 saturated heterocycles. The van der Waals surface area contributed by atoms with Gasteiger partial charge in [0.1, 0.15) is 11.5 Å². The van der Waals surface area contributed by atoms with Gasteiger partial charge in [0.15, 0.2) is 11.6 Å². The summed E-state index contributed by atoms with van der Waals surface area (Å²) in [5.74, 6) is -7.62. The predicted octanol–water partition coefficient (Wildman–Crippen LogP) is 15.9. The number of aryl methyl sites for hydroxylation is 4. The van der Waals surface area contributed by atoms with Gasteiger partial charge in [0.05, 0.1) is 56.7 Å². The predicted molar refractivity (Wildman–Crippen MR) is 319 cm³/mol. The first-order chi connectivity index (χ1) is 40.6. The van der Waals surface area contributed by atoms with Crippen LogP contribution in [0.15, 0.2) is 118 Å². The summed E-state index contributed by atoms with van der Waals surface area (Å²) in [5, 5.41) is 31.8. The molecule has 2 saturated carbocycles. The van der Waals surface area contributed by atoms with Crippen LogP contribution in [-0.4, -0.2) is 53.3 Å². The van der Waals surface area contributed by atoms with Crippen molar-refractivity contribution in [2.75, 3.05) is 0 Å². The number of aliphatic hydroxyl groups is 2. The maximum atomic E-state index is 16.8. The molecule has 10 aromatic rings. The lowest BCUT2D eigenvalue weighted by molar-refractivity contribution is -0.0498. The highest BCUT2D eigenvalue weighted by Crippen LogP contribution is 2.51. The first-order valence-electron chi connectivity index (χ1n) is 28.9. The zero-order valence-corrected chi connectivity index (χ0v) is 49.1. The van der Waals surface area contributed by atoms with Gasteiger partial charge in [-0.05, 0) is 139 Å². The summed E-state index contributed by atoms with van der Waals surface area (Å²) in [6.07, 6.45) is -0.170. The molecule has 18 heteroatoms. The molecular formula is C68H68F6N6O6. The van der Waals surface area contributed by atoms with Crippen LogP contribution < -0.4 is 11.5 Å². The van der Waals surface area contributed by atoms with E-state index in [0.29, 0.717) is 77.7 Å². The molecular weight excluding hydrogens is 1110 g/mol. The molecule has 0 radical (unpaired) electrons. The van der Waals surface area contributed by atoms with Crippen LogP contribution in [-0.2, 0) is 11.2 Å². The lowest BCUT2D eigenvalue weighted by atomic mass is 9.79. The van der Waals surface area contributed by atoms with Crippen LogP contribution in [0.25, 0.3) is 65.9 Å². The molecule has 2 amide bonds. The van der Waals surface area contributed by atoms with E-state index in [0.717, 1.165) is 11.1 Å². The number of hydrogen-bond acceptors (Lipinski definition) is 8. The first-order valence-corrected chi connectivity index (χ1v) is 28.9. The minimum Gasteiger partial charge on any atom is -0.386 e. The van der Waals surface area contributed by atoms with Crippen LogP contribution in [0.1, 0.15) is 157 Å². The molecule has 2 unspecified atom stereocenters. The Morgan fingerprint density at radius 2 is 0.895 bits per heavy atom. The molecule has 2 atom stereocenters. The standard InChI is InChI=1S/2C34H34F3N3O3/c2*1-18-27(19(2)43-39-18)22-16-24(32(38)41)28-23-10-11-25(33(3,4)42)29(35)31(23)40(26(28)17-22)30(20-8-6-5-7-9-20)21-12-14-34(36,37)15-13-21/h2*5-11,16-17,21,30,42H,12-15H2,1-4H3,(H2,38,41). The summed E-state index contributed by atoms with van der Waals surface area (Å²) < 4.78 is 106. The molecule has 0 spiro atoms. The fourth-order valence-electron chi connectivity index (χ4n) is 13.8. The number of alkyl halides is 4. The van der Waals surface area contributed by atoms with Crippen molar-refractivity contribution in [1.29, 1.82) is 0 Å². The van der Waals surface area contributed by atoms with Crippen molar-refractivity contribution in [3.63, 3.8) is 0 Å². The van der Waals surface area contributed by atoms with E-state index in [1.165, 1.54) is 39.8 Å². The average Bonchev–Trinajstić information content (AvgIpc) is 1.57. The second kappa shape index (κ2) is 21.9. The van der Waals surface area contributed by atoms with E-state index >= 15 is 8.78 Å². The first kappa shape index (κ1) is 59.5. The van der Waals surface area contributed by atoms with E-state index in [4.69, 9.17) is 20.5 Å². The fraction of sp³-hybridized carbons (Fsp3) is 0.353. The molecule has 448 valence electrons. The number of nitrogens with two attached hydrogens (primary N) is 2. The van der Waals surface area contributed by atoms with Crippen molar-refractivity contribution in [2.24, 2.45) is 23.3 Å². The Morgan fingerprint density at radius 3 is 1.19 bits per heavy atom. The van der Waals surface area contributed by atoms with Crippen molar-refractivity contribution >= 4 is 55.4 Å². The van der Waals surface area contributed by atoms with Gasteiger partial charge in [-0.15, -0.1) is 0 Å². The maximum absolute atomic E-state index is 16.8. The highest BCUT2D eigenvalue weighted by molar-refractivity contribution is 6.20. The Hall–Kier alpha value is -8.22. The van der Waals surface area contributed by atoms with Crippen molar-refractivity contribution in [3.05, 3.63) is 177 Å². The highest BCUT2D eigenvalue weighted by atomic mass is 19.3. The van der Waals surface area contributed by atoms with Gasteiger partial charge < -0.3 is 39.9 Å². The van der Waals surface area contributed by atoms with Crippen LogP contribution in [0.2, 0.25) is 0 Å². The van der Waals surface area contributed by atoms with Gasteiger partial charge in [-0.3, -0.25) is 9.59 Å². The van der Waals surface area contributed by atoms with E-state index in [2.05, 4.69) is 10.3 Å². The van der Waals surface area contributed by atoms with Gasteiger partial charge in [0, 0.05) is 80.6 Å². The molecule has 4 heterocycles. The largest absolute Gasteiger partial charge is 0.386 e. The zero-order valence-electron chi connectivity index (χ0n) is 49.1. The Balaban J connectivity index is 0.000000179. The number of benzene rings is 6. The summed E-state index contributed by atoms with van der Waals surface area (Å²) in [6.45, 7) is 13.1. The molecule has 12 nitrogen and oxygen atoms in total. The molecule has 6 aromatic carbocycles. The van der Waals surface area contributed by atoms with Gasteiger partial charge in [-0.1, -0.05) is 95.2 Å². The number of fused-ring (bicyclic) bond motifs is 6. The minimum absolute atomic E-state index is 0.0811. The number of nitrogens with zero attached hydrogens (tertiary/aromatic N) is 4. The third kappa shape index (κ3) is 10.6. The lowest BCUT2D eigenvalue weighted by Crippen LogP contribution is -2.30. The molecule has 2 aliphatic rings. The highest BCUT2D eigenvalue weighted by Gasteiger charge is 2.43. The van der Waals surface area contributed by atoms with Gasteiger partial charge in [0.2, 0.25) is 23.7 Å². The number of carbonyl (C=O) groups excluding carboxylic acids is 2. The van der Waals surface area contributed by atoms with E-state index in [1.54, 1.807) is 52.0 Å². The second-order valence-electron chi connectivity index (χ2n) is 24.6. The average molecular weight is 1180 g/mol. The number of carbonyl (C=O) groups is 2. The van der Waals surface area contributed by atoms with Crippen LogP contribution >= 0.6 is 0 Å². The molecule has 0 aliphatic heterocycles. The molecule has 6 N–H and O–H groups in total. The Bertz CT molecular complexity index is 3950. The molecule has 86 heavy (non-hydrogen) atoms. The van der Waals surface area contributed by atoms with Crippen LogP contribution in [0, 0.1) is 51.2 Å². The van der Waals surface area contributed by atoms with Crippen LogP contribution in [0.5, 0.6) is 0 Å². The molecule has 4 aromatic heterocycles. The summed E-state index contributed by atoms with van der Waals surface area (Å²) in [5.41, 5.74) is 16.4. The van der Waals surface area contributed by atoms with Gasteiger partial charge in [0.25, 0.3) is 0 Å². The number of rotatable bonds is 12. The number of halogens is 6. The summed E-state index contributed by atoms with van der Waals surface area (Å²) in [7, 11) is 0. The zero-order chi connectivity index (χ0) is 61.7. The van der Waals surface area contributed by atoms with Gasteiger partial charge in [-0.2, -0.15) is 0 Å². The SMILES string of the molecule is Cc1noc(C)c1-c1cc(C(N)=O)c2c3ccc(C(C)(C)O)c(F)c3n(C(c3ccccc3)C3CCC(F)(F)CC3)c2c1.Cc1noc(C)c1-c1cc(C(N)=O)c2c3ccc(C(C)(C)O)c(F)c3n(C(c3ccccc3)C3CCC(F)(F)CC3)c2c1. The third-order valence-electron chi connectivity index (χ3n) is 17.8. The van der Waals surface area contributed by atoms with E-state index in [1.807, 2.05) is 81.9 Å². The summed E-state index contributed by atoms with van der Waals surface area (Å²) in [6, 6.07) is 31.3. The molecule has 2 fully saturated rings. The van der Waals surface area contributed by atoms with E-state index < -0.39 is 58.6 Å². The summed E-state index contributed by atoms with van der Waals surface area (Å²) >= 11 is 0. The Kier molecular flexibility index (Phi) is 15.2. The number of hydrogen-bond donors (Lipinski definition) is 4. The lowest BCUT2D eigenvalue weighted by Gasteiger charge is -2.36. The minimum atomic E-state index is -2.76. The van der Waals surface area contributed by atoms with E-state index in [-0.39, 0.29) is 96.5 Å². The quantitative estimate of drug-likeness (QED) is 0.0870. The second-order valence-corrected chi connectivity index (χ2v) is 24.6. The maximum Gasteiger partial charge on any atom is 0.249 e. The topological polar surface area (TPSA) is 189 Å². The van der Waals surface area contributed by atoms with Gasteiger partial charge >= 0.3 is 0 Å². The third-order valence-corrected chi connectivity index (χ3v) is 17.8. The normalized spacial score (nSPS) is 16.7. The van der Waals surface area contributed by atoms with Crippen molar-refractivity contribution in [2.45, 2.75) is 142 Å². The van der Waals surface area contributed by atoms with Gasteiger partial charge in [-0.25, -0.2) is 26.3 Å². The van der Waals surface area contributed by atoms with Crippen molar-refractivity contribution in [3.8, 4) is 22.3 Å². The summed E-state index contributed by atoms with van der Waals surface area (Å²) in [4.78, 5) is 26.1. The monoisotopic (exact) mass is 1180 g/mol. The number of amides is 2. The van der Waals surface area contributed by atoms with Crippen LogP contribution in [0.4, 0.5) is 26.3 Å². The number of primary amides is 2. The Labute approximate surface area is 492 Å². The van der Waals surface area contributed by atoms with E-state index in [9.17, 15) is 37.4 Å². The smallest absolute Gasteiger partial charge is 0.249 e. The molecule has 0 bridgehead atoms. The fourth-order valence-corrected chi connectivity index (χ4v) is 13.8.